The SMILES string of the molecule is CCOCCCN1C(=O)C(=Cc2c(NCCc3ccccc3)nc3c(C)cccn3c2=O)SC1=S. The van der Waals surface area contributed by atoms with Crippen LogP contribution in [0.15, 0.2) is 58.4 Å². The number of carbonyl (C=O) groups excluding carboxylic acids is 1. The van der Waals surface area contributed by atoms with Crippen molar-refractivity contribution in [1.29, 1.82) is 0 Å². The number of thioether (sulfide) groups is 1. The lowest BCUT2D eigenvalue weighted by Crippen LogP contribution is -2.29. The fraction of sp³-hybridized carbons (Fsp3) is 0.308. The zero-order chi connectivity index (χ0) is 24.8. The van der Waals surface area contributed by atoms with Gasteiger partial charge in [0.25, 0.3) is 11.5 Å². The number of hydrogen-bond acceptors (Lipinski definition) is 7. The summed E-state index contributed by atoms with van der Waals surface area (Å²) in [6.07, 6.45) is 4.79. The molecule has 35 heavy (non-hydrogen) atoms. The van der Waals surface area contributed by atoms with E-state index in [9.17, 15) is 9.59 Å². The van der Waals surface area contributed by atoms with Crippen molar-refractivity contribution in [2.45, 2.75) is 26.7 Å². The van der Waals surface area contributed by atoms with Gasteiger partial charge in [-0.05, 0) is 50.0 Å². The maximum absolute atomic E-state index is 13.5. The number of amides is 1. The van der Waals surface area contributed by atoms with Crippen LogP contribution in [0.4, 0.5) is 5.82 Å². The summed E-state index contributed by atoms with van der Waals surface area (Å²) in [5.74, 6) is 0.266. The summed E-state index contributed by atoms with van der Waals surface area (Å²) in [7, 11) is 0. The summed E-state index contributed by atoms with van der Waals surface area (Å²) in [6.45, 7) is 6.14. The first-order valence-electron chi connectivity index (χ1n) is 11.6. The number of hydrogen-bond donors (Lipinski definition) is 1. The summed E-state index contributed by atoms with van der Waals surface area (Å²) in [6, 6.07) is 13.8. The number of nitrogens with zero attached hydrogens (tertiary/aromatic N) is 3. The van der Waals surface area contributed by atoms with Crippen LogP contribution in [0.5, 0.6) is 0 Å². The summed E-state index contributed by atoms with van der Waals surface area (Å²) in [5, 5.41) is 3.33. The smallest absolute Gasteiger partial charge is 0.267 e. The average Bonchev–Trinajstić information content (AvgIpc) is 3.12. The molecule has 0 saturated carbocycles. The van der Waals surface area contributed by atoms with E-state index in [4.69, 9.17) is 21.9 Å². The highest BCUT2D eigenvalue weighted by Crippen LogP contribution is 2.33. The minimum Gasteiger partial charge on any atom is -0.382 e. The molecule has 3 aromatic rings. The topological polar surface area (TPSA) is 75.9 Å². The number of nitrogens with one attached hydrogen (secondary N) is 1. The summed E-state index contributed by atoms with van der Waals surface area (Å²) in [4.78, 5) is 33.3. The molecule has 1 aliphatic rings. The van der Waals surface area contributed by atoms with Crippen molar-refractivity contribution >= 4 is 51.7 Å². The quantitative estimate of drug-likeness (QED) is 0.249. The summed E-state index contributed by atoms with van der Waals surface area (Å²) < 4.78 is 7.38. The van der Waals surface area contributed by atoms with Crippen LogP contribution in [0.2, 0.25) is 0 Å². The van der Waals surface area contributed by atoms with Gasteiger partial charge < -0.3 is 10.1 Å². The molecule has 1 fully saturated rings. The molecule has 182 valence electrons. The van der Waals surface area contributed by atoms with Crippen LogP contribution in [-0.4, -0.2) is 50.8 Å². The van der Waals surface area contributed by atoms with Crippen LogP contribution >= 0.6 is 24.0 Å². The van der Waals surface area contributed by atoms with Crippen molar-refractivity contribution in [1.82, 2.24) is 14.3 Å². The van der Waals surface area contributed by atoms with Crippen LogP contribution in [-0.2, 0) is 16.0 Å². The average molecular weight is 509 g/mol. The molecule has 4 rings (SSSR count). The molecule has 0 aliphatic carbocycles. The van der Waals surface area contributed by atoms with E-state index in [-0.39, 0.29) is 11.5 Å². The lowest BCUT2D eigenvalue weighted by atomic mass is 10.1. The summed E-state index contributed by atoms with van der Waals surface area (Å²) >= 11 is 6.66. The molecule has 1 aromatic carbocycles. The van der Waals surface area contributed by atoms with Gasteiger partial charge in [-0.25, -0.2) is 4.98 Å². The molecule has 1 aliphatic heterocycles. The van der Waals surface area contributed by atoms with Gasteiger partial charge in [0.2, 0.25) is 0 Å². The van der Waals surface area contributed by atoms with Gasteiger partial charge in [0.05, 0.1) is 10.5 Å². The Bertz CT molecular complexity index is 1320. The predicted octanol–water partition coefficient (Wildman–Crippen LogP) is 4.29. The molecule has 1 saturated heterocycles. The van der Waals surface area contributed by atoms with Crippen LogP contribution < -0.4 is 10.9 Å². The number of fused-ring (bicyclic) bond motifs is 1. The highest BCUT2D eigenvalue weighted by atomic mass is 32.2. The third kappa shape index (κ3) is 5.80. The highest BCUT2D eigenvalue weighted by molar-refractivity contribution is 8.26. The van der Waals surface area contributed by atoms with Crippen LogP contribution in [0.3, 0.4) is 0 Å². The number of aromatic nitrogens is 2. The van der Waals surface area contributed by atoms with E-state index in [1.165, 1.54) is 21.7 Å². The number of aryl methyl sites for hydroxylation is 1. The van der Waals surface area contributed by atoms with E-state index in [0.717, 1.165) is 12.0 Å². The molecular weight excluding hydrogens is 480 g/mol. The minimum absolute atomic E-state index is 0.194. The number of benzene rings is 1. The van der Waals surface area contributed by atoms with Crippen LogP contribution in [0.25, 0.3) is 11.7 Å². The lowest BCUT2D eigenvalue weighted by molar-refractivity contribution is -0.122. The fourth-order valence-electron chi connectivity index (χ4n) is 3.84. The van der Waals surface area contributed by atoms with Gasteiger partial charge in [-0.1, -0.05) is 60.4 Å². The first kappa shape index (κ1) is 25.1. The number of ether oxygens (including phenoxy) is 1. The second-order valence-corrected chi connectivity index (χ2v) is 9.79. The Morgan fingerprint density at radius 3 is 2.74 bits per heavy atom. The predicted molar refractivity (Wildman–Crippen MR) is 146 cm³/mol. The van der Waals surface area contributed by atoms with Crippen LogP contribution in [0, 0.1) is 6.92 Å². The monoisotopic (exact) mass is 508 g/mol. The van der Waals surface area contributed by atoms with Gasteiger partial charge in [0.15, 0.2) is 0 Å². The second kappa shape index (κ2) is 11.6. The van der Waals surface area contributed by atoms with Crippen molar-refractivity contribution in [3.8, 4) is 0 Å². The normalized spacial score (nSPS) is 14.9. The van der Waals surface area contributed by atoms with E-state index in [2.05, 4.69) is 17.4 Å². The Kier molecular flexibility index (Phi) is 8.33. The standard InChI is InChI=1S/C26H28N4O3S2/c1-3-33-16-8-15-30-25(32)21(35-26(30)34)17-20-22(27-13-12-19-10-5-4-6-11-19)28-23-18(2)9-7-14-29(23)24(20)31/h4-7,9-11,14,17,27H,3,8,12-13,15-16H2,1-2H3. The molecule has 0 radical (unpaired) electrons. The van der Waals surface area contributed by atoms with Gasteiger partial charge >= 0.3 is 0 Å². The Hall–Kier alpha value is -3.01. The molecule has 1 amide bonds. The number of thiocarbonyl (C=S) groups is 1. The molecule has 0 spiro atoms. The van der Waals surface area contributed by atoms with Crippen molar-refractivity contribution < 1.29 is 9.53 Å². The zero-order valence-corrected chi connectivity index (χ0v) is 21.5. The lowest BCUT2D eigenvalue weighted by Gasteiger charge is -2.14. The molecule has 0 bridgehead atoms. The molecule has 0 atom stereocenters. The maximum Gasteiger partial charge on any atom is 0.267 e. The zero-order valence-electron chi connectivity index (χ0n) is 19.8. The Balaban J connectivity index is 1.65. The van der Waals surface area contributed by atoms with Gasteiger partial charge in [0.1, 0.15) is 15.8 Å². The molecule has 0 unspecified atom stereocenters. The number of carbonyl (C=O) groups is 1. The minimum atomic E-state index is -0.234. The van der Waals surface area contributed by atoms with E-state index >= 15 is 0 Å². The number of rotatable bonds is 10. The third-order valence-electron chi connectivity index (χ3n) is 5.66. The molecular formula is C26H28N4O3S2. The van der Waals surface area contributed by atoms with Crippen molar-refractivity contribution in [3.63, 3.8) is 0 Å². The number of pyridine rings is 1. The first-order valence-corrected chi connectivity index (χ1v) is 12.8. The molecule has 3 heterocycles. The number of anilines is 1. The molecule has 2 aromatic heterocycles. The van der Waals surface area contributed by atoms with Crippen molar-refractivity contribution in [2.24, 2.45) is 0 Å². The first-order chi connectivity index (χ1) is 17.0. The van der Waals surface area contributed by atoms with Gasteiger partial charge in [-0.3, -0.25) is 18.9 Å². The van der Waals surface area contributed by atoms with Crippen molar-refractivity contribution in [2.75, 3.05) is 31.6 Å². The molecule has 9 heteroatoms. The van der Waals surface area contributed by atoms with Crippen LogP contribution in [0.1, 0.15) is 30.0 Å². The van der Waals surface area contributed by atoms with Gasteiger partial charge in [0, 0.05) is 32.5 Å². The maximum atomic E-state index is 13.5. The Morgan fingerprint density at radius 1 is 1.17 bits per heavy atom. The van der Waals surface area contributed by atoms with E-state index in [1.54, 1.807) is 17.2 Å². The van der Waals surface area contributed by atoms with E-state index in [1.807, 2.05) is 44.2 Å². The Labute approximate surface area is 214 Å². The fourth-order valence-corrected chi connectivity index (χ4v) is 5.13. The Morgan fingerprint density at radius 2 is 1.97 bits per heavy atom. The third-order valence-corrected chi connectivity index (χ3v) is 7.03. The molecule has 1 N–H and O–H groups in total. The molecule has 7 nitrogen and oxygen atoms in total. The summed E-state index contributed by atoms with van der Waals surface area (Å²) in [5.41, 5.74) is 2.77. The van der Waals surface area contributed by atoms with Crippen molar-refractivity contribution in [3.05, 3.63) is 80.6 Å². The van der Waals surface area contributed by atoms with E-state index in [0.29, 0.717) is 59.0 Å². The van der Waals surface area contributed by atoms with E-state index < -0.39 is 0 Å². The van der Waals surface area contributed by atoms with Gasteiger partial charge in [-0.15, -0.1) is 0 Å². The highest BCUT2D eigenvalue weighted by Gasteiger charge is 2.32. The largest absolute Gasteiger partial charge is 0.382 e. The second-order valence-electron chi connectivity index (χ2n) is 8.11. The van der Waals surface area contributed by atoms with Gasteiger partial charge in [-0.2, -0.15) is 0 Å².